The third-order valence-corrected chi connectivity index (χ3v) is 4.32. The molecule has 0 saturated carbocycles. The number of benzene rings is 1. The minimum Gasteiger partial charge on any atom is -0.369 e. The smallest absolute Gasteiger partial charge is 0.224 e. The van der Waals surface area contributed by atoms with Crippen LogP contribution in [0.5, 0.6) is 0 Å². The Hall–Kier alpha value is -1.85. The van der Waals surface area contributed by atoms with E-state index in [-0.39, 0.29) is 11.9 Å². The van der Waals surface area contributed by atoms with Crippen molar-refractivity contribution < 1.29 is 4.79 Å². The van der Waals surface area contributed by atoms with Gasteiger partial charge >= 0.3 is 0 Å². The number of amides is 1. The summed E-state index contributed by atoms with van der Waals surface area (Å²) < 4.78 is 1.86. The van der Waals surface area contributed by atoms with Crippen LogP contribution >= 0.6 is 11.6 Å². The maximum atomic E-state index is 11.4. The first-order valence-corrected chi connectivity index (χ1v) is 7.94. The van der Waals surface area contributed by atoms with E-state index in [9.17, 15) is 4.79 Å². The van der Waals surface area contributed by atoms with Crippen molar-refractivity contribution in [2.45, 2.75) is 33.7 Å². The fourth-order valence-electron chi connectivity index (χ4n) is 2.32. The Morgan fingerprint density at radius 2 is 2.17 bits per heavy atom. The Balaban J connectivity index is 2.17. The van der Waals surface area contributed by atoms with Crippen molar-refractivity contribution in [2.75, 3.05) is 6.54 Å². The van der Waals surface area contributed by atoms with Crippen LogP contribution in [0, 0.1) is 12.3 Å². The van der Waals surface area contributed by atoms with Gasteiger partial charge in [-0.1, -0.05) is 17.7 Å². The zero-order chi connectivity index (χ0) is 17.2. The van der Waals surface area contributed by atoms with E-state index < -0.39 is 5.41 Å². The quantitative estimate of drug-likeness (QED) is 0.853. The molecule has 3 N–H and O–H groups in total. The van der Waals surface area contributed by atoms with Gasteiger partial charge in [-0.15, -0.1) is 0 Å². The van der Waals surface area contributed by atoms with E-state index >= 15 is 0 Å². The molecule has 0 aliphatic heterocycles. The second-order valence-corrected chi connectivity index (χ2v) is 6.86. The molecular weight excluding hydrogens is 312 g/mol. The Kier molecular flexibility index (Phi) is 5.12. The molecule has 0 aliphatic carbocycles. The van der Waals surface area contributed by atoms with Gasteiger partial charge in [0.25, 0.3) is 0 Å². The average molecular weight is 335 g/mol. The number of hydrogen-bond donors (Lipinski definition) is 2. The monoisotopic (exact) mass is 334 g/mol. The highest BCUT2D eigenvalue weighted by Crippen LogP contribution is 2.23. The van der Waals surface area contributed by atoms with E-state index in [4.69, 9.17) is 17.3 Å². The zero-order valence-electron chi connectivity index (χ0n) is 13.9. The Labute approximate surface area is 141 Å². The molecule has 0 saturated heterocycles. The van der Waals surface area contributed by atoms with Gasteiger partial charge in [0.2, 0.25) is 5.91 Å². The molecule has 0 spiro atoms. The number of nitrogens with zero attached hydrogens (tertiary/aromatic N) is 2. The number of carbonyl (C=O) groups excluding carboxylic acids is 1. The van der Waals surface area contributed by atoms with Gasteiger partial charge in [-0.25, -0.2) is 4.68 Å². The van der Waals surface area contributed by atoms with Crippen molar-refractivity contribution in [1.29, 1.82) is 0 Å². The van der Waals surface area contributed by atoms with Crippen molar-refractivity contribution in [3.05, 3.63) is 46.7 Å². The number of carbonyl (C=O) groups is 1. The summed E-state index contributed by atoms with van der Waals surface area (Å²) in [7, 11) is 0. The Morgan fingerprint density at radius 3 is 2.78 bits per heavy atom. The summed E-state index contributed by atoms with van der Waals surface area (Å²) in [6.07, 6.45) is 1.84. The van der Waals surface area contributed by atoms with Gasteiger partial charge in [-0.2, -0.15) is 5.10 Å². The third-order valence-electron chi connectivity index (χ3n) is 4.08. The molecule has 6 heteroatoms. The van der Waals surface area contributed by atoms with E-state index in [0.29, 0.717) is 11.6 Å². The summed E-state index contributed by atoms with van der Waals surface area (Å²) in [6.45, 7) is 8.23. The molecule has 0 aliphatic rings. The lowest BCUT2D eigenvalue weighted by molar-refractivity contribution is -0.125. The molecular formula is C17H23ClN4O. The van der Waals surface area contributed by atoms with E-state index in [0.717, 1.165) is 16.9 Å². The Morgan fingerprint density at radius 1 is 1.48 bits per heavy atom. The highest BCUT2D eigenvalue weighted by molar-refractivity contribution is 6.30. The van der Waals surface area contributed by atoms with Gasteiger partial charge in [0, 0.05) is 28.9 Å². The molecule has 5 nitrogen and oxygen atoms in total. The molecule has 1 amide bonds. The van der Waals surface area contributed by atoms with Crippen molar-refractivity contribution in [1.82, 2.24) is 15.1 Å². The number of nitrogens with two attached hydrogens (primary N) is 1. The molecule has 0 fully saturated rings. The second kappa shape index (κ2) is 6.72. The summed E-state index contributed by atoms with van der Waals surface area (Å²) in [5, 5.41) is 8.49. The summed E-state index contributed by atoms with van der Waals surface area (Å²) in [5.41, 5.74) is 7.85. The van der Waals surface area contributed by atoms with Gasteiger partial charge in [-0.3, -0.25) is 4.79 Å². The molecule has 2 aromatic rings. The zero-order valence-corrected chi connectivity index (χ0v) is 14.7. The molecule has 1 atom stereocenters. The lowest BCUT2D eigenvalue weighted by Gasteiger charge is -2.24. The molecule has 0 radical (unpaired) electrons. The highest BCUT2D eigenvalue weighted by atomic mass is 35.5. The molecule has 1 aromatic carbocycles. The van der Waals surface area contributed by atoms with Gasteiger partial charge in [-0.05, 0) is 45.9 Å². The first-order valence-electron chi connectivity index (χ1n) is 7.56. The molecule has 0 unspecified atom stereocenters. The van der Waals surface area contributed by atoms with Crippen LogP contribution in [0.15, 0.2) is 30.5 Å². The first kappa shape index (κ1) is 17.5. The average Bonchev–Trinajstić information content (AvgIpc) is 2.86. The fraction of sp³-hybridized carbons (Fsp3) is 0.412. The van der Waals surface area contributed by atoms with Crippen LogP contribution < -0.4 is 11.1 Å². The number of primary amides is 1. The van der Waals surface area contributed by atoms with Crippen LogP contribution in [0.1, 0.15) is 38.1 Å². The largest absolute Gasteiger partial charge is 0.369 e. The lowest BCUT2D eigenvalue weighted by Crippen LogP contribution is -2.41. The van der Waals surface area contributed by atoms with Gasteiger partial charge < -0.3 is 11.1 Å². The summed E-state index contributed by atoms with van der Waals surface area (Å²) in [6, 6.07) is 7.63. The highest BCUT2D eigenvalue weighted by Gasteiger charge is 2.26. The predicted octanol–water partition coefficient (Wildman–Crippen LogP) is 3.00. The second-order valence-electron chi connectivity index (χ2n) is 6.43. The van der Waals surface area contributed by atoms with Crippen LogP contribution in [-0.4, -0.2) is 22.2 Å². The first-order chi connectivity index (χ1) is 10.7. The maximum Gasteiger partial charge on any atom is 0.224 e. The van der Waals surface area contributed by atoms with Crippen molar-refractivity contribution >= 4 is 17.5 Å². The van der Waals surface area contributed by atoms with E-state index in [1.807, 2.05) is 62.8 Å². The number of rotatable bonds is 6. The SMILES string of the molecule is Cc1c([C@@H](C)NCC(C)(C)C(N)=O)cnn1-c1cccc(Cl)c1. The molecule has 124 valence electrons. The molecule has 0 bridgehead atoms. The van der Waals surface area contributed by atoms with Crippen molar-refractivity contribution in [3.8, 4) is 5.69 Å². The Bertz CT molecular complexity index is 708. The third kappa shape index (κ3) is 3.92. The molecule has 23 heavy (non-hydrogen) atoms. The molecule has 1 aromatic heterocycles. The molecule has 2 rings (SSSR count). The van der Waals surface area contributed by atoms with Crippen molar-refractivity contribution in [2.24, 2.45) is 11.1 Å². The normalized spacial score (nSPS) is 13.1. The van der Waals surface area contributed by atoms with Crippen LogP contribution in [0.2, 0.25) is 5.02 Å². The van der Waals surface area contributed by atoms with Crippen molar-refractivity contribution in [3.63, 3.8) is 0 Å². The van der Waals surface area contributed by atoms with Gasteiger partial charge in [0.15, 0.2) is 0 Å². The number of nitrogens with one attached hydrogen (secondary N) is 1. The van der Waals surface area contributed by atoms with E-state index in [1.165, 1.54) is 0 Å². The number of halogens is 1. The number of hydrogen-bond acceptors (Lipinski definition) is 3. The van der Waals surface area contributed by atoms with Gasteiger partial charge in [0.1, 0.15) is 0 Å². The standard InChI is InChI=1S/C17H23ClN4O/c1-11(20-10-17(3,4)16(19)23)15-9-21-22(12(15)2)14-7-5-6-13(18)8-14/h5-9,11,20H,10H2,1-4H3,(H2,19,23)/t11-/m1/s1. The lowest BCUT2D eigenvalue weighted by atomic mass is 9.92. The van der Waals surface area contributed by atoms with Crippen LogP contribution in [-0.2, 0) is 4.79 Å². The summed E-state index contributed by atoms with van der Waals surface area (Å²) in [5.74, 6) is -0.316. The minimum absolute atomic E-state index is 0.0570. The van der Waals surface area contributed by atoms with Crippen LogP contribution in [0.4, 0.5) is 0 Å². The fourth-order valence-corrected chi connectivity index (χ4v) is 2.51. The summed E-state index contributed by atoms with van der Waals surface area (Å²) >= 11 is 6.05. The number of aromatic nitrogens is 2. The topological polar surface area (TPSA) is 72.9 Å². The van der Waals surface area contributed by atoms with Crippen LogP contribution in [0.25, 0.3) is 5.69 Å². The van der Waals surface area contributed by atoms with Crippen LogP contribution in [0.3, 0.4) is 0 Å². The van der Waals surface area contributed by atoms with Gasteiger partial charge in [0.05, 0.1) is 17.3 Å². The van der Waals surface area contributed by atoms with E-state index in [1.54, 1.807) is 0 Å². The molecule has 1 heterocycles. The maximum absolute atomic E-state index is 11.4. The minimum atomic E-state index is -0.592. The van der Waals surface area contributed by atoms with E-state index in [2.05, 4.69) is 10.4 Å². The summed E-state index contributed by atoms with van der Waals surface area (Å²) in [4.78, 5) is 11.4. The predicted molar refractivity (Wildman–Crippen MR) is 92.7 cm³/mol.